The predicted molar refractivity (Wildman–Crippen MR) is 196 cm³/mol. The van der Waals surface area contributed by atoms with Crippen molar-refractivity contribution in [3.8, 4) is 22.6 Å². The first kappa shape index (κ1) is 36.3. The Morgan fingerprint density at radius 2 is 1.41 bits per heavy atom. The molecule has 0 unspecified atom stereocenters. The van der Waals surface area contributed by atoms with Crippen LogP contribution in [0, 0.1) is 16.9 Å². The fraction of sp³-hybridized carbons (Fsp3) is 0.349. The van der Waals surface area contributed by atoms with E-state index >= 15 is 0 Å². The van der Waals surface area contributed by atoms with Gasteiger partial charge in [0.15, 0.2) is 5.78 Å². The van der Waals surface area contributed by atoms with E-state index in [9.17, 15) is 9.90 Å². The van der Waals surface area contributed by atoms with Crippen LogP contribution in [-0.4, -0.2) is 15.9 Å². The second-order valence-electron chi connectivity index (χ2n) is 14.1. The van der Waals surface area contributed by atoms with Gasteiger partial charge in [-0.1, -0.05) is 97.4 Å². The average molecular weight is 833 g/mol. The molecule has 6 aromatic rings. The van der Waals surface area contributed by atoms with Gasteiger partial charge in [-0.3, -0.25) is 4.79 Å². The van der Waals surface area contributed by atoms with E-state index in [1.807, 2.05) is 90.2 Å². The minimum Gasteiger partial charge on any atom is -0.512 e. The molecule has 0 spiro atoms. The average Bonchev–Trinajstić information content (AvgIpc) is 3.76. The second-order valence-corrected chi connectivity index (χ2v) is 14.1. The molecule has 7 rings (SSSR count). The molecule has 0 amide bonds. The molecular formula is C43H46IrNO4-. The number of para-hydroxylation sites is 2. The van der Waals surface area contributed by atoms with E-state index in [2.05, 4.69) is 44.2 Å². The summed E-state index contributed by atoms with van der Waals surface area (Å²) in [6.45, 7) is 16.6. The van der Waals surface area contributed by atoms with Crippen LogP contribution in [0.2, 0.25) is 0 Å². The molecule has 0 aliphatic heterocycles. The van der Waals surface area contributed by atoms with Crippen molar-refractivity contribution in [2.45, 2.75) is 86.5 Å². The van der Waals surface area contributed by atoms with E-state index in [0.29, 0.717) is 0 Å². The van der Waals surface area contributed by atoms with E-state index in [1.54, 1.807) is 0 Å². The Morgan fingerprint density at radius 3 is 2.04 bits per heavy atom. The van der Waals surface area contributed by atoms with Gasteiger partial charge in [-0.2, -0.15) is 0 Å². The van der Waals surface area contributed by atoms with Crippen LogP contribution >= 0.6 is 0 Å². The molecule has 0 saturated carbocycles. The van der Waals surface area contributed by atoms with Crippen LogP contribution in [0.15, 0.2) is 93.6 Å². The predicted octanol–water partition coefficient (Wildman–Crippen LogP) is 12.1. The molecule has 49 heavy (non-hydrogen) atoms. The zero-order valence-electron chi connectivity index (χ0n) is 29.8. The molecule has 0 fully saturated rings. The van der Waals surface area contributed by atoms with Gasteiger partial charge < -0.3 is 18.9 Å². The number of rotatable bonds is 8. The fourth-order valence-corrected chi connectivity index (χ4v) is 7.02. The maximum absolute atomic E-state index is 12.2. The third-order valence-corrected chi connectivity index (χ3v) is 11.2. The molecule has 0 atom stereocenters. The van der Waals surface area contributed by atoms with Crippen LogP contribution in [-0.2, 0) is 30.3 Å². The molecule has 1 aliphatic rings. The minimum atomic E-state index is -0.337. The summed E-state index contributed by atoms with van der Waals surface area (Å²) in [6, 6.07) is 26.0. The van der Waals surface area contributed by atoms with Gasteiger partial charge in [-0.15, -0.1) is 29.3 Å². The number of aliphatic hydroxyl groups excluding tert-OH is 1. The van der Waals surface area contributed by atoms with Gasteiger partial charge in [0.25, 0.3) is 0 Å². The number of carbonyl (C=O) groups excluding carboxylic acids is 1. The van der Waals surface area contributed by atoms with Crippen molar-refractivity contribution in [2.24, 2.45) is 10.8 Å². The number of nitrogens with zero attached hydrogens (tertiary/aromatic N) is 1. The number of pyridine rings is 1. The van der Waals surface area contributed by atoms with Crippen molar-refractivity contribution < 1.29 is 38.8 Å². The molecule has 1 aliphatic carbocycles. The molecule has 1 N–H and O–H groups in total. The van der Waals surface area contributed by atoms with Crippen LogP contribution in [0.1, 0.15) is 92.2 Å². The summed E-state index contributed by atoms with van der Waals surface area (Å²) >= 11 is 0. The Hall–Kier alpha value is -3.99. The molecule has 5 nitrogen and oxygen atoms in total. The van der Waals surface area contributed by atoms with Crippen molar-refractivity contribution in [2.75, 3.05) is 0 Å². The van der Waals surface area contributed by atoms with Crippen LogP contribution < -0.4 is 0 Å². The molecule has 3 aromatic carbocycles. The second kappa shape index (κ2) is 13.7. The zero-order chi connectivity index (χ0) is 34.4. The first-order valence-electron chi connectivity index (χ1n) is 17.2. The summed E-state index contributed by atoms with van der Waals surface area (Å²) in [5, 5.41) is 13.5. The number of benzene rings is 3. The molecule has 0 bridgehead atoms. The number of hydrogen-bond donors (Lipinski definition) is 1. The Kier molecular flexibility index (Phi) is 10.2. The number of carbonyl (C=O) groups is 1. The van der Waals surface area contributed by atoms with Gasteiger partial charge in [0.1, 0.15) is 28.3 Å². The van der Waals surface area contributed by atoms with Crippen molar-refractivity contribution in [1.29, 1.82) is 0 Å². The molecule has 3 heterocycles. The smallest absolute Gasteiger partial charge is 0.164 e. The van der Waals surface area contributed by atoms with Gasteiger partial charge in [0.2, 0.25) is 0 Å². The van der Waals surface area contributed by atoms with Gasteiger partial charge in [0, 0.05) is 70.6 Å². The number of fused-ring (bicyclic) bond motifs is 8. The Labute approximate surface area is 303 Å². The monoisotopic (exact) mass is 833 g/mol. The molecule has 257 valence electrons. The van der Waals surface area contributed by atoms with Gasteiger partial charge in [0.05, 0.1) is 0 Å². The van der Waals surface area contributed by atoms with Gasteiger partial charge in [-0.05, 0) is 49.3 Å². The minimum absolute atomic E-state index is 0. The van der Waals surface area contributed by atoms with E-state index < -0.39 is 0 Å². The maximum atomic E-state index is 12.2. The van der Waals surface area contributed by atoms with Crippen molar-refractivity contribution in [3.05, 3.63) is 102 Å². The number of hydrogen-bond acceptors (Lipinski definition) is 5. The van der Waals surface area contributed by atoms with Crippen molar-refractivity contribution in [3.63, 3.8) is 0 Å². The molecular weight excluding hydrogens is 787 g/mol. The first-order chi connectivity index (χ1) is 22.9. The first-order valence-corrected chi connectivity index (χ1v) is 17.2. The quantitative estimate of drug-likeness (QED) is 0.0939. The number of aliphatic hydroxyl groups is 1. The third kappa shape index (κ3) is 5.98. The summed E-state index contributed by atoms with van der Waals surface area (Å²) in [5.74, 6) is 1.24. The summed E-state index contributed by atoms with van der Waals surface area (Å²) in [7, 11) is 0. The third-order valence-electron chi connectivity index (χ3n) is 11.2. The SMILES string of the molecule is CC1(C)c2c(-c3nccc4c3oc3ccccc34)[c-]ccc2-c2oc3ccccc3c21.CCC(C)(CC)C(=O)/C=C(\O)C(C)(CC)CC.[Ir]. The Bertz CT molecular complexity index is 2170. The van der Waals surface area contributed by atoms with E-state index in [0.717, 1.165) is 75.8 Å². The van der Waals surface area contributed by atoms with E-state index in [1.165, 1.54) is 22.6 Å². The Balaban J connectivity index is 0.000000226. The number of allylic oxidation sites excluding steroid dienone is 2. The van der Waals surface area contributed by atoms with Gasteiger partial charge in [-0.25, -0.2) is 0 Å². The van der Waals surface area contributed by atoms with Crippen LogP contribution in [0.25, 0.3) is 55.5 Å². The number of aromatic nitrogens is 1. The zero-order valence-corrected chi connectivity index (χ0v) is 32.2. The summed E-state index contributed by atoms with van der Waals surface area (Å²) in [6.07, 6.45) is 6.62. The van der Waals surface area contributed by atoms with Crippen molar-refractivity contribution >= 4 is 38.7 Å². The number of furan rings is 2. The molecule has 6 heteroatoms. The van der Waals surface area contributed by atoms with E-state index in [-0.39, 0.29) is 47.9 Å². The van der Waals surface area contributed by atoms with Crippen LogP contribution in [0.5, 0.6) is 0 Å². The summed E-state index contributed by atoms with van der Waals surface area (Å²) < 4.78 is 12.6. The maximum Gasteiger partial charge on any atom is 0.164 e. The van der Waals surface area contributed by atoms with Crippen LogP contribution in [0.4, 0.5) is 0 Å². The molecule has 3 aromatic heterocycles. The number of ketones is 1. The normalized spacial score (nSPS) is 13.9. The summed E-state index contributed by atoms with van der Waals surface area (Å²) in [5.41, 5.74) is 7.09. The molecule has 0 saturated heterocycles. The molecule has 1 radical (unpaired) electrons. The standard InChI is InChI=1S/C28H18NO2.C15H28O2.Ir/c1-28(2)23-19(25-27-17(14-15-29-25)16-8-3-5-12-21(16)31-27)10-7-11-20(23)26-24(28)18-9-4-6-13-22(18)30-26;1-7-14(5,8-2)12(16)11-13(17)15(6,9-3)10-4;/h3-9,11-15H,1-2H3;11,16H,7-10H2,1-6H3;/q-1;;/b;12-11-;. The topological polar surface area (TPSA) is 76.5 Å². The Morgan fingerprint density at radius 1 is 0.816 bits per heavy atom. The fourth-order valence-electron chi connectivity index (χ4n) is 7.02. The largest absolute Gasteiger partial charge is 0.512 e. The van der Waals surface area contributed by atoms with Crippen molar-refractivity contribution in [1.82, 2.24) is 4.98 Å². The summed E-state index contributed by atoms with van der Waals surface area (Å²) in [4.78, 5) is 16.9. The van der Waals surface area contributed by atoms with E-state index in [4.69, 9.17) is 13.8 Å². The van der Waals surface area contributed by atoms with Gasteiger partial charge >= 0.3 is 0 Å². The van der Waals surface area contributed by atoms with Crippen LogP contribution in [0.3, 0.4) is 0 Å².